The van der Waals surface area contributed by atoms with Gasteiger partial charge >= 0.3 is 0 Å². The first-order chi connectivity index (χ1) is 9.54. The zero-order chi connectivity index (χ0) is 14.5. The van der Waals surface area contributed by atoms with Crippen LogP contribution in [-0.4, -0.2) is 36.5 Å². The number of amides is 1. The van der Waals surface area contributed by atoms with Crippen molar-refractivity contribution in [2.75, 3.05) is 25.0 Å². The van der Waals surface area contributed by atoms with Crippen molar-refractivity contribution in [3.8, 4) is 0 Å². The lowest BCUT2D eigenvalue weighted by molar-refractivity contribution is -0.117. The summed E-state index contributed by atoms with van der Waals surface area (Å²) in [5, 5.41) is 2.98. The van der Waals surface area contributed by atoms with Crippen LogP contribution in [0.1, 0.15) is 38.2 Å². The lowest BCUT2D eigenvalue weighted by Crippen LogP contribution is -2.43. The van der Waals surface area contributed by atoms with Gasteiger partial charge in [0.1, 0.15) is 0 Å². The molecule has 1 amide bonds. The average Bonchev–Trinajstić information content (AvgIpc) is 2.41. The maximum atomic E-state index is 12.1. The number of benzene rings is 1. The van der Waals surface area contributed by atoms with Crippen molar-refractivity contribution in [1.82, 2.24) is 4.90 Å². The summed E-state index contributed by atoms with van der Waals surface area (Å²) in [5.74, 6) is 0.525. The van der Waals surface area contributed by atoms with E-state index in [9.17, 15) is 4.79 Å². The molecule has 1 heterocycles. The summed E-state index contributed by atoms with van der Waals surface area (Å²) in [5.41, 5.74) is 8.00. The molecule has 0 aliphatic carbocycles. The summed E-state index contributed by atoms with van der Waals surface area (Å²) in [6, 6.07) is 8.37. The van der Waals surface area contributed by atoms with Crippen LogP contribution >= 0.6 is 0 Å². The molecule has 2 rings (SSSR count). The third-order valence-electron chi connectivity index (χ3n) is 3.84. The first-order valence-electron chi connectivity index (χ1n) is 7.42. The summed E-state index contributed by atoms with van der Waals surface area (Å²) in [7, 11) is 0. The van der Waals surface area contributed by atoms with Gasteiger partial charge in [-0.15, -0.1) is 0 Å². The molecule has 110 valence electrons. The summed E-state index contributed by atoms with van der Waals surface area (Å²) in [6.45, 7) is 6.59. The molecule has 0 radical (unpaired) electrons. The highest BCUT2D eigenvalue weighted by Gasteiger charge is 2.18. The number of likely N-dealkylation sites (tertiary alicyclic amines) is 1. The number of piperidine rings is 1. The molecule has 4 heteroatoms. The van der Waals surface area contributed by atoms with Crippen LogP contribution in [0.2, 0.25) is 0 Å². The van der Waals surface area contributed by atoms with E-state index in [1.807, 2.05) is 12.1 Å². The Labute approximate surface area is 121 Å². The molecular weight excluding hydrogens is 250 g/mol. The molecule has 1 aliphatic heterocycles. The zero-order valence-electron chi connectivity index (χ0n) is 12.4. The molecule has 1 aromatic rings. The van der Waals surface area contributed by atoms with Crippen molar-refractivity contribution < 1.29 is 4.79 Å². The van der Waals surface area contributed by atoms with Crippen molar-refractivity contribution >= 4 is 11.6 Å². The van der Waals surface area contributed by atoms with Gasteiger partial charge in [0.15, 0.2) is 0 Å². The average molecular weight is 275 g/mol. The summed E-state index contributed by atoms with van der Waals surface area (Å²) in [4.78, 5) is 14.2. The SMILES string of the molecule is CC(C)c1cccc(NC(=O)CN2CCC(N)CC2)c1. The van der Waals surface area contributed by atoms with E-state index in [4.69, 9.17) is 5.73 Å². The van der Waals surface area contributed by atoms with Gasteiger partial charge < -0.3 is 11.1 Å². The quantitative estimate of drug-likeness (QED) is 0.885. The molecule has 0 unspecified atom stereocenters. The molecule has 1 fully saturated rings. The van der Waals surface area contributed by atoms with Gasteiger partial charge in [0, 0.05) is 24.8 Å². The van der Waals surface area contributed by atoms with Crippen LogP contribution in [0, 0.1) is 0 Å². The predicted octanol–water partition coefficient (Wildman–Crippen LogP) is 2.17. The van der Waals surface area contributed by atoms with Crippen molar-refractivity contribution in [2.24, 2.45) is 5.73 Å². The molecule has 0 atom stereocenters. The van der Waals surface area contributed by atoms with Crippen molar-refractivity contribution in [3.63, 3.8) is 0 Å². The summed E-state index contributed by atoms with van der Waals surface area (Å²) >= 11 is 0. The minimum Gasteiger partial charge on any atom is -0.328 e. The van der Waals surface area contributed by atoms with Gasteiger partial charge in [0.25, 0.3) is 0 Å². The molecule has 1 saturated heterocycles. The molecule has 20 heavy (non-hydrogen) atoms. The second kappa shape index (κ2) is 6.86. The zero-order valence-corrected chi connectivity index (χ0v) is 12.4. The van der Waals surface area contributed by atoms with E-state index in [0.717, 1.165) is 31.6 Å². The number of nitrogens with two attached hydrogens (primary N) is 1. The second-order valence-electron chi connectivity index (χ2n) is 5.94. The fraction of sp³-hybridized carbons (Fsp3) is 0.562. The molecule has 0 saturated carbocycles. The molecule has 3 N–H and O–H groups in total. The number of hydrogen-bond acceptors (Lipinski definition) is 3. The number of anilines is 1. The number of nitrogens with one attached hydrogen (secondary N) is 1. The van der Waals surface area contributed by atoms with Crippen molar-refractivity contribution in [3.05, 3.63) is 29.8 Å². The van der Waals surface area contributed by atoms with E-state index >= 15 is 0 Å². The highest BCUT2D eigenvalue weighted by Crippen LogP contribution is 2.18. The molecule has 4 nitrogen and oxygen atoms in total. The largest absolute Gasteiger partial charge is 0.328 e. The first kappa shape index (κ1) is 15.0. The molecule has 0 bridgehead atoms. The highest BCUT2D eigenvalue weighted by atomic mass is 16.2. The van der Waals surface area contributed by atoms with Crippen LogP contribution in [0.3, 0.4) is 0 Å². The van der Waals surface area contributed by atoms with Gasteiger partial charge in [-0.25, -0.2) is 0 Å². The molecular formula is C16H25N3O. The van der Waals surface area contributed by atoms with Crippen LogP contribution in [0.5, 0.6) is 0 Å². The highest BCUT2D eigenvalue weighted by molar-refractivity contribution is 5.92. The standard InChI is InChI=1S/C16H25N3O/c1-12(2)13-4-3-5-15(10-13)18-16(20)11-19-8-6-14(17)7-9-19/h3-5,10,12,14H,6-9,11,17H2,1-2H3,(H,18,20). The Hall–Kier alpha value is -1.39. The summed E-state index contributed by atoms with van der Waals surface area (Å²) < 4.78 is 0. The van der Waals surface area contributed by atoms with Gasteiger partial charge in [-0.3, -0.25) is 9.69 Å². The van der Waals surface area contributed by atoms with Crippen molar-refractivity contribution in [2.45, 2.75) is 38.6 Å². The van der Waals surface area contributed by atoms with Gasteiger partial charge in [-0.1, -0.05) is 26.0 Å². The molecule has 1 aromatic carbocycles. The topological polar surface area (TPSA) is 58.4 Å². The third kappa shape index (κ3) is 4.32. The fourth-order valence-electron chi connectivity index (χ4n) is 2.49. The van der Waals surface area contributed by atoms with E-state index in [-0.39, 0.29) is 5.91 Å². The minimum absolute atomic E-state index is 0.0568. The maximum absolute atomic E-state index is 12.1. The lowest BCUT2D eigenvalue weighted by atomic mass is 10.0. The predicted molar refractivity (Wildman–Crippen MR) is 82.8 cm³/mol. The second-order valence-corrected chi connectivity index (χ2v) is 5.94. The monoisotopic (exact) mass is 275 g/mol. The van der Waals surface area contributed by atoms with Gasteiger partial charge in [-0.05, 0) is 36.5 Å². The van der Waals surface area contributed by atoms with Crippen LogP contribution in [0.4, 0.5) is 5.69 Å². The van der Waals surface area contributed by atoms with Crippen LogP contribution in [-0.2, 0) is 4.79 Å². The van der Waals surface area contributed by atoms with Crippen LogP contribution in [0.15, 0.2) is 24.3 Å². The fourth-order valence-corrected chi connectivity index (χ4v) is 2.49. The molecule has 1 aliphatic rings. The van der Waals surface area contributed by atoms with E-state index in [1.54, 1.807) is 0 Å². The van der Waals surface area contributed by atoms with Crippen molar-refractivity contribution in [1.29, 1.82) is 0 Å². The Morgan fingerprint density at radius 3 is 2.75 bits per heavy atom. The summed E-state index contributed by atoms with van der Waals surface area (Å²) in [6.07, 6.45) is 1.96. The normalized spacial score (nSPS) is 17.4. The first-order valence-corrected chi connectivity index (χ1v) is 7.42. The third-order valence-corrected chi connectivity index (χ3v) is 3.84. The molecule has 0 spiro atoms. The number of hydrogen-bond donors (Lipinski definition) is 2. The lowest BCUT2D eigenvalue weighted by Gasteiger charge is -2.29. The smallest absolute Gasteiger partial charge is 0.238 e. The van der Waals surface area contributed by atoms with E-state index in [2.05, 4.69) is 36.2 Å². The Morgan fingerprint density at radius 2 is 2.10 bits per heavy atom. The Bertz CT molecular complexity index is 451. The van der Waals surface area contributed by atoms with Gasteiger partial charge in [-0.2, -0.15) is 0 Å². The number of carbonyl (C=O) groups excluding carboxylic acids is 1. The molecule has 0 aromatic heterocycles. The van der Waals surface area contributed by atoms with Crippen LogP contribution in [0.25, 0.3) is 0 Å². The van der Waals surface area contributed by atoms with E-state index < -0.39 is 0 Å². The van der Waals surface area contributed by atoms with E-state index in [0.29, 0.717) is 18.5 Å². The van der Waals surface area contributed by atoms with Gasteiger partial charge in [0.05, 0.1) is 6.54 Å². The number of carbonyl (C=O) groups is 1. The van der Waals surface area contributed by atoms with E-state index in [1.165, 1.54) is 5.56 Å². The number of nitrogens with zero attached hydrogens (tertiary/aromatic N) is 1. The maximum Gasteiger partial charge on any atom is 0.238 e. The van der Waals surface area contributed by atoms with Gasteiger partial charge in [0.2, 0.25) is 5.91 Å². The number of rotatable bonds is 4. The van der Waals surface area contributed by atoms with Crippen LogP contribution < -0.4 is 11.1 Å². The Kier molecular flexibility index (Phi) is 5.15. The minimum atomic E-state index is 0.0568. The Balaban J connectivity index is 1.86. The Morgan fingerprint density at radius 1 is 1.40 bits per heavy atom.